The second kappa shape index (κ2) is 5.78. The third-order valence-electron chi connectivity index (χ3n) is 2.89. The van der Waals surface area contributed by atoms with E-state index in [-0.39, 0.29) is 6.61 Å². The number of nitrogens with zero attached hydrogens (tertiary/aromatic N) is 3. The summed E-state index contributed by atoms with van der Waals surface area (Å²) in [6.45, 7) is 4.24. The van der Waals surface area contributed by atoms with Crippen LogP contribution in [0.2, 0.25) is 0 Å². The molecule has 0 fully saturated rings. The van der Waals surface area contributed by atoms with Crippen molar-refractivity contribution in [2.24, 2.45) is 0 Å². The molecular formula is C14H19N3O. The molecule has 0 spiro atoms. The molecule has 2 aromatic rings. The predicted molar refractivity (Wildman–Crippen MR) is 70.7 cm³/mol. The summed E-state index contributed by atoms with van der Waals surface area (Å²) in [5.74, 6) is 1.83. The van der Waals surface area contributed by atoms with Crippen molar-refractivity contribution in [2.45, 2.75) is 39.7 Å². The third-order valence-corrected chi connectivity index (χ3v) is 2.89. The van der Waals surface area contributed by atoms with Crippen molar-refractivity contribution in [3.8, 4) is 5.82 Å². The fraction of sp³-hybridized carbons (Fsp3) is 0.429. The van der Waals surface area contributed by atoms with Crippen LogP contribution in [0.15, 0.2) is 24.5 Å². The van der Waals surface area contributed by atoms with Gasteiger partial charge in [0.2, 0.25) is 0 Å². The largest absolute Gasteiger partial charge is 0.392 e. The lowest BCUT2D eigenvalue weighted by Gasteiger charge is -2.09. The molecule has 0 unspecified atom stereocenters. The van der Waals surface area contributed by atoms with Crippen LogP contribution < -0.4 is 0 Å². The highest BCUT2D eigenvalue weighted by Crippen LogP contribution is 2.14. The molecule has 2 heterocycles. The second-order valence-electron chi connectivity index (χ2n) is 4.30. The summed E-state index contributed by atoms with van der Waals surface area (Å²) in [4.78, 5) is 8.94. The highest BCUT2D eigenvalue weighted by molar-refractivity contribution is 5.32. The highest BCUT2D eigenvalue weighted by Gasteiger charge is 2.07. The quantitative estimate of drug-likeness (QED) is 0.879. The maximum atomic E-state index is 9.33. The number of aromatic nitrogens is 3. The van der Waals surface area contributed by atoms with Gasteiger partial charge in [0, 0.05) is 24.5 Å². The molecule has 0 aliphatic rings. The van der Waals surface area contributed by atoms with Crippen LogP contribution in [-0.4, -0.2) is 19.6 Å². The summed E-state index contributed by atoms with van der Waals surface area (Å²) in [7, 11) is 0. The van der Waals surface area contributed by atoms with Gasteiger partial charge in [0.25, 0.3) is 0 Å². The lowest BCUT2D eigenvalue weighted by Crippen LogP contribution is -2.05. The van der Waals surface area contributed by atoms with E-state index < -0.39 is 0 Å². The lowest BCUT2D eigenvalue weighted by molar-refractivity contribution is 0.281. The standard InChI is InChI=1S/C14H19N3O/c1-3-5-12-8-11(10-18)9-14(16-12)17-7-6-15-13(17)4-2/h6-9,18H,3-5,10H2,1-2H3. The average molecular weight is 245 g/mol. The molecule has 0 aromatic carbocycles. The molecule has 1 N–H and O–H groups in total. The monoisotopic (exact) mass is 245 g/mol. The van der Waals surface area contributed by atoms with Gasteiger partial charge in [-0.2, -0.15) is 0 Å². The SMILES string of the molecule is CCCc1cc(CO)cc(-n2ccnc2CC)n1. The number of hydrogen-bond donors (Lipinski definition) is 1. The van der Waals surface area contributed by atoms with Crippen LogP contribution in [0.25, 0.3) is 5.82 Å². The van der Waals surface area contributed by atoms with Crippen molar-refractivity contribution >= 4 is 0 Å². The van der Waals surface area contributed by atoms with E-state index in [4.69, 9.17) is 0 Å². The minimum atomic E-state index is 0.0440. The third kappa shape index (κ3) is 2.59. The Morgan fingerprint density at radius 2 is 2.11 bits per heavy atom. The van der Waals surface area contributed by atoms with Crippen LogP contribution >= 0.6 is 0 Å². The highest BCUT2D eigenvalue weighted by atomic mass is 16.3. The molecule has 96 valence electrons. The van der Waals surface area contributed by atoms with Crippen molar-refractivity contribution in [2.75, 3.05) is 0 Å². The Labute approximate surface area is 107 Å². The number of hydrogen-bond acceptors (Lipinski definition) is 3. The van der Waals surface area contributed by atoms with Gasteiger partial charge in [-0.1, -0.05) is 20.3 Å². The molecule has 0 aliphatic heterocycles. The Hall–Kier alpha value is -1.68. The van der Waals surface area contributed by atoms with Gasteiger partial charge in [0.05, 0.1) is 6.61 Å². The smallest absolute Gasteiger partial charge is 0.138 e. The van der Waals surface area contributed by atoms with Gasteiger partial charge in [0.1, 0.15) is 11.6 Å². The van der Waals surface area contributed by atoms with Gasteiger partial charge < -0.3 is 5.11 Å². The van der Waals surface area contributed by atoms with E-state index in [1.54, 1.807) is 6.20 Å². The number of aryl methyl sites for hydroxylation is 2. The Bertz CT molecular complexity index is 520. The summed E-state index contributed by atoms with van der Waals surface area (Å²) in [5.41, 5.74) is 1.93. The van der Waals surface area contributed by atoms with Crippen LogP contribution in [0, 0.1) is 0 Å². The van der Waals surface area contributed by atoms with Crippen molar-refractivity contribution in [3.05, 3.63) is 41.6 Å². The van der Waals surface area contributed by atoms with Gasteiger partial charge in [0.15, 0.2) is 0 Å². The molecule has 0 radical (unpaired) electrons. The average Bonchev–Trinajstić information content (AvgIpc) is 2.87. The van der Waals surface area contributed by atoms with Crippen LogP contribution in [-0.2, 0) is 19.4 Å². The Balaban J connectivity index is 2.46. The van der Waals surface area contributed by atoms with Crippen molar-refractivity contribution in [3.63, 3.8) is 0 Å². The lowest BCUT2D eigenvalue weighted by atomic mass is 10.1. The first-order chi connectivity index (χ1) is 8.78. The number of rotatable bonds is 5. The molecule has 0 bridgehead atoms. The molecule has 2 rings (SSSR count). The molecule has 0 aliphatic carbocycles. The number of aliphatic hydroxyl groups is 1. The molecule has 0 atom stereocenters. The van der Waals surface area contributed by atoms with Crippen LogP contribution in [0.4, 0.5) is 0 Å². The van der Waals surface area contributed by atoms with E-state index in [1.165, 1.54) is 0 Å². The predicted octanol–water partition coefficient (Wildman–Crippen LogP) is 2.27. The van der Waals surface area contributed by atoms with E-state index in [2.05, 4.69) is 23.8 Å². The topological polar surface area (TPSA) is 50.9 Å². The summed E-state index contributed by atoms with van der Waals surface area (Å²) in [5, 5.41) is 9.33. The maximum absolute atomic E-state index is 9.33. The van der Waals surface area contributed by atoms with Crippen LogP contribution in [0.3, 0.4) is 0 Å². The minimum Gasteiger partial charge on any atom is -0.392 e. The molecule has 4 nitrogen and oxygen atoms in total. The summed E-state index contributed by atoms with van der Waals surface area (Å²) in [6.07, 6.45) is 6.54. The molecule has 0 saturated heterocycles. The Kier molecular flexibility index (Phi) is 4.10. The maximum Gasteiger partial charge on any atom is 0.138 e. The summed E-state index contributed by atoms with van der Waals surface area (Å²) >= 11 is 0. The van der Waals surface area contributed by atoms with E-state index in [0.717, 1.165) is 42.2 Å². The molecule has 2 aromatic heterocycles. The van der Waals surface area contributed by atoms with E-state index in [0.29, 0.717) is 0 Å². The summed E-state index contributed by atoms with van der Waals surface area (Å²) in [6, 6.07) is 3.88. The normalized spacial score (nSPS) is 10.8. The Morgan fingerprint density at radius 1 is 1.28 bits per heavy atom. The molecular weight excluding hydrogens is 226 g/mol. The van der Waals surface area contributed by atoms with Crippen molar-refractivity contribution < 1.29 is 5.11 Å². The molecule has 4 heteroatoms. The first-order valence-electron chi connectivity index (χ1n) is 6.41. The summed E-state index contributed by atoms with van der Waals surface area (Å²) < 4.78 is 1.98. The molecule has 18 heavy (non-hydrogen) atoms. The minimum absolute atomic E-state index is 0.0440. The Morgan fingerprint density at radius 3 is 2.78 bits per heavy atom. The number of imidazole rings is 1. The van der Waals surface area contributed by atoms with Gasteiger partial charge in [-0.3, -0.25) is 4.57 Å². The van der Waals surface area contributed by atoms with E-state index in [1.807, 2.05) is 22.9 Å². The van der Waals surface area contributed by atoms with Crippen LogP contribution in [0.5, 0.6) is 0 Å². The first-order valence-corrected chi connectivity index (χ1v) is 6.41. The van der Waals surface area contributed by atoms with Gasteiger partial charge in [-0.15, -0.1) is 0 Å². The van der Waals surface area contributed by atoms with Gasteiger partial charge in [-0.05, 0) is 24.1 Å². The zero-order valence-electron chi connectivity index (χ0n) is 10.9. The first kappa shape index (κ1) is 12.8. The van der Waals surface area contributed by atoms with Gasteiger partial charge >= 0.3 is 0 Å². The van der Waals surface area contributed by atoms with Crippen LogP contribution in [0.1, 0.15) is 37.4 Å². The zero-order chi connectivity index (χ0) is 13.0. The van der Waals surface area contributed by atoms with E-state index >= 15 is 0 Å². The number of aliphatic hydroxyl groups excluding tert-OH is 1. The fourth-order valence-corrected chi connectivity index (χ4v) is 2.04. The zero-order valence-corrected chi connectivity index (χ0v) is 10.9. The van der Waals surface area contributed by atoms with Crippen molar-refractivity contribution in [1.82, 2.24) is 14.5 Å². The van der Waals surface area contributed by atoms with E-state index in [9.17, 15) is 5.11 Å². The fourth-order valence-electron chi connectivity index (χ4n) is 2.04. The second-order valence-corrected chi connectivity index (χ2v) is 4.30. The molecule has 0 amide bonds. The molecule has 0 saturated carbocycles. The number of pyridine rings is 1. The van der Waals surface area contributed by atoms with Gasteiger partial charge in [-0.25, -0.2) is 9.97 Å². The van der Waals surface area contributed by atoms with Crippen molar-refractivity contribution in [1.29, 1.82) is 0 Å².